The number of aromatic nitrogens is 4. The van der Waals surface area contributed by atoms with Gasteiger partial charge >= 0.3 is 0 Å². The molecule has 3 aromatic heterocycles. The predicted octanol–water partition coefficient (Wildman–Crippen LogP) is 1.28. The van der Waals surface area contributed by atoms with Gasteiger partial charge in [-0.1, -0.05) is 0 Å². The molecule has 0 aliphatic carbocycles. The van der Waals surface area contributed by atoms with Crippen LogP contribution in [0, 0.1) is 0 Å². The molecule has 0 saturated heterocycles. The molecule has 3 aromatic rings. The third kappa shape index (κ3) is 0.823. The maximum atomic E-state index is 4.35. The highest BCUT2D eigenvalue weighted by atomic mass is 15.2. The minimum atomic E-state index is 0.947. The summed E-state index contributed by atoms with van der Waals surface area (Å²) in [5.41, 5.74) is 1.94. The fourth-order valence-electron chi connectivity index (χ4n) is 1.42. The molecular weight excluding hydrogens is 164 g/mol. The number of pyridine rings is 1. The van der Waals surface area contributed by atoms with Crippen LogP contribution >= 0.6 is 0 Å². The van der Waals surface area contributed by atoms with Gasteiger partial charge in [0, 0.05) is 30.2 Å². The van der Waals surface area contributed by atoms with Crippen LogP contribution in [0.5, 0.6) is 0 Å². The zero-order chi connectivity index (χ0) is 8.67. The zero-order valence-electron chi connectivity index (χ0n) is 6.75. The smallest absolute Gasteiger partial charge is 0.0965 e. The fourth-order valence-corrected chi connectivity index (χ4v) is 1.42. The van der Waals surface area contributed by atoms with Crippen molar-refractivity contribution in [2.45, 2.75) is 0 Å². The minimum Gasteiger partial charge on any atom is -0.264 e. The summed E-state index contributed by atoms with van der Waals surface area (Å²) in [7, 11) is 0. The molecule has 13 heavy (non-hydrogen) atoms. The monoisotopic (exact) mass is 170 g/mol. The van der Waals surface area contributed by atoms with Crippen molar-refractivity contribution in [2.24, 2.45) is 0 Å². The van der Waals surface area contributed by atoms with Gasteiger partial charge in [0.05, 0.1) is 17.2 Å². The topological polar surface area (TPSA) is 43.1 Å². The minimum absolute atomic E-state index is 0.947. The van der Waals surface area contributed by atoms with Crippen LogP contribution in [0.25, 0.3) is 16.4 Å². The molecule has 0 bridgehead atoms. The van der Waals surface area contributed by atoms with Gasteiger partial charge in [-0.15, -0.1) is 0 Å². The Bertz CT molecular complexity index is 519. The zero-order valence-corrected chi connectivity index (χ0v) is 6.75. The SMILES string of the molecule is c1cc2nn3ccncc3c2cn1. The van der Waals surface area contributed by atoms with Crippen molar-refractivity contribution < 1.29 is 0 Å². The van der Waals surface area contributed by atoms with E-state index in [1.54, 1.807) is 29.3 Å². The first kappa shape index (κ1) is 6.54. The summed E-state index contributed by atoms with van der Waals surface area (Å²) >= 11 is 0. The lowest BCUT2D eigenvalue weighted by Gasteiger charge is -1.88. The third-order valence-electron chi connectivity index (χ3n) is 2.03. The van der Waals surface area contributed by atoms with E-state index in [0.717, 1.165) is 16.4 Å². The number of rotatable bonds is 0. The van der Waals surface area contributed by atoms with E-state index < -0.39 is 0 Å². The molecule has 0 saturated carbocycles. The van der Waals surface area contributed by atoms with Crippen molar-refractivity contribution >= 4 is 16.4 Å². The fraction of sp³-hybridized carbons (Fsp3) is 0. The lowest BCUT2D eigenvalue weighted by Crippen LogP contribution is -1.84. The summed E-state index contributed by atoms with van der Waals surface area (Å²) in [4.78, 5) is 8.10. The maximum Gasteiger partial charge on any atom is 0.0965 e. The van der Waals surface area contributed by atoms with Crippen molar-refractivity contribution in [2.75, 3.05) is 0 Å². The van der Waals surface area contributed by atoms with Gasteiger partial charge in [-0.05, 0) is 6.07 Å². The van der Waals surface area contributed by atoms with Gasteiger partial charge in [0.15, 0.2) is 0 Å². The average molecular weight is 170 g/mol. The Hall–Kier alpha value is -1.97. The normalized spacial score (nSPS) is 11.1. The van der Waals surface area contributed by atoms with Gasteiger partial charge in [0.25, 0.3) is 0 Å². The molecule has 0 radical (unpaired) electrons. The lowest BCUT2D eigenvalue weighted by atomic mass is 10.3. The van der Waals surface area contributed by atoms with Crippen LogP contribution in [-0.4, -0.2) is 19.6 Å². The Morgan fingerprint density at radius 2 is 2.00 bits per heavy atom. The Labute approximate surface area is 73.9 Å². The van der Waals surface area contributed by atoms with Crippen molar-refractivity contribution in [3.8, 4) is 0 Å². The van der Waals surface area contributed by atoms with Gasteiger partial charge < -0.3 is 0 Å². The standard InChI is InChI=1S/C9H6N4/c1-2-10-5-7-8(1)12-13-4-3-11-6-9(7)13/h1-6H. The Balaban J connectivity index is 2.64. The van der Waals surface area contributed by atoms with Gasteiger partial charge in [0.1, 0.15) is 0 Å². The van der Waals surface area contributed by atoms with Crippen LogP contribution in [0.3, 0.4) is 0 Å². The molecule has 0 unspecified atom stereocenters. The second-order valence-electron chi connectivity index (χ2n) is 2.80. The molecule has 4 nitrogen and oxygen atoms in total. The summed E-state index contributed by atoms with van der Waals surface area (Å²) in [6, 6.07) is 1.89. The van der Waals surface area contributed by atoms with E-state index in [9.17, 15) is 0 Å². The predicted molar refractivity (Wildman–Crippen MR) is 48.3 cm³/mol. The van der Waals surface area contributed by atoms with Crippen molar-refractivity contribution in [1.82, 2.24) is 19.6 Å². The number of nitrogens with zero attached hydrogens (tertiary/aromatic N) is 4. The molecule has 0 fully saturated rings. The van der Waals surface area contributed by atoms with Crippen LogP contribution in [0.4, 0.5) is 0 Å². The largest absolute Gasteiger partial charge is 0.264 e. The van der Waals surface area contributed by atoms with Gasteiger partial charge in [0.2, 0.25) is 0 Å². The summed E-state index contributed by atoms with van der Waals surface area (Å²) in [5, 5.41) is 5.39. The second-order valence-corrected chi connectivity index (χ2v) is 2.80. The van der Waals surface area contributed by atoms with Crippen molar-refractivity contribution in [3.05, 3.63) is 37.1 Å². The third-order valence-corrected chi connectivity index (χ3v) is 2.03. The highest BCUT2D eigenvalue weighted by Crippen LogP contribution is 2.15. The number of fused-ring (bicyclic) bond motifs is 3. The van der Waals surface area contributed by atoms with Gasteiger partial charge in [-0.25, -0.2) is 4.52 Å². The van der Waals surface area contributed by atoms with Gasteiger partial charge in [-0.3, -0.25) is 9.97 Å². The molecule has 0 aromatic carbocycles. The van der Waals surface area contributed by atoms with Crippen molar-refractivity contribution in [1.29, 1.82) is 0 Å². The molecule has 4 heteroatoms. The molecule has 0 atom stereocenters. The summed E-state index contributed by atoms with van der Waals surface area (Å²) in [6.07, 6.45) is 8.88. The average Bonchev–Trinajstić information content (AvgIpc) is 2.56. The quantitative estimate of drug-likeness (QED) is 0.510. The van der Waals surface area contributed by atoms with Crippen LogP contribution in [0.15, 0.2) is 37.1 Å². The summed E-state index contributed by atoms with van der Waals surface area (Å²) < 4.78 is 1.80. The highest BCUT2D eigenvalue weighted by molar-refractivity contribution is 5.92. The molecule has 0 aliphatic heterocycles. The first-order valence-electron chi connectivity index (χ1n) is 3.97. The van der Waals surface area contributed by atoms with Crippen LogP contribution in [0.1, 0.15) is 0 Å². The van der Waals surface area contributed by atoms with E-state index in [2.05, 4.69) is 15.1 Å². The second kappa shape index (κ2) is 2.26. The van der Waals surface area contributed by atoms with E-state index in [0.29, 0.717) is 0 Å². The molecule has 3 heterocycles. The van der Waals surface area contributed by atoms with E-state index in [-0.39, 0.29) is 0 Å². The molecular formula is C9H6N4. The molecule has 0 N–H and O–H groups in total. The highest BCUT2D eigenvalue weighted by Gasteiger charge is 2.02. The van der Waals surface area contributed by atoms with Crippen molar-refractivity contribution in [3.63, 3.8) is 0 Å². The van der Waals surface area contributed by atoms with E-state index in [1.165, 1.54) is 0 Å². The summed E-state index contributed by atoms with van der Waals surface area (Å²) in [5.74, 6) is 0. The summed E-state index contributed by atoms with van der Waals surface area (Å²) in [6.45, 7) is 0. The van der Waals surface area contributed by atoms with Crippen LogP contribution in [0.2, 0.25) is 0 Å². The van der Waals surface area contributed by atoms with Crippen LogP contribution < -0.4 is 0 Å². The molecule has 0 amide bonds. The first-order chi connectivity index (χ1) is 6.45. The molecule has 0 aliphatic rings. The Kier molecular flexibility index (Phi) is 1.14. The molecule has 62 valence electrons. The Morgan fingerprint density at radius 3 is 3.00 bits per heavy atom. The Morgan fingerprint density at radius 1 is 1.08 bits per heavy atom. The molecule has 0 spiro atoms. The number of hydrogen-bond acceptors (Lipinski definition) is 3. The van der Waals surface area contributed by atoms with E-state index >= 15 is 0 Å². The maximum absolute atomic E-state index is 4.35. The van der Waals surface area contributed by atoms with E-state index in [4.69, 9.17) is 0 Å². The first-order valence-corrected chi connectivity index (χ1v) is 3.97. The van der Waals surface area contributed by atoms with Crippen LogP contribution in [-0.2, 0) is 0 Å². The molecule has 3 rings (SSSR count). The lowest BCUT2D eigenvalue weighted by molar-refractivity contribution is 0.964. The number of hydrogen-bond donors (Lipinski definition) is 0. The van der Waals surface area contributed by atoms with Gasteiger partial charge in [-0.2, -0.15) is 5.10 Å². The van der Waals surface area contributed by atoms with E-state index in [1.807, 2.05) is 12.3 Å².